The van der Waals surface area contributed by atoms with Gasteiger partial charge < -0.3 is 4.74 Å². The maximum Gasteiger partial charge on any atom is 0.139 e. The van der Waals surface area contributed by atoms with Crippen LogP contribution >= 0.6 is 0 Å². The number of ketones is 1. The summed E-state index contributed by atoms with van der Waals surface area (Å²) < 4.78 is 5.17. The van der Waals surface area contributed by atoms with Gasteiger partial charge in [-0.2, -0.15) is 0 Å². The van der Waals surface area contributed by atoms with Gasteiger partial charge in [0.05, 0.1) is 13.2 Å². The molecule has 0 spiro atoms. The number of hydrogen-bond acceptors (Lipinski definition) is 3. The first-order chi connectivity index (χ1) is 9.24. The molecule has 0 N–H and O–H groups in total. The van der Waals surface area contributed by atoms with Crippen LogP contribution in [0.5, 0.6) is 5.75 Å². The molecule has 2 aliphatic carbocycles. The van der Waals surface area contributed by atoms with E-state index in [9.17, 15) is 4.79 Å². The fraction of sp³-hybridized carbons (Fsp3) is 0.500. The molecule has 19 heavy (non-hydrogen) atoms. The smallest absolute Gasteiger partial charge is 0.139 e. The lowest BCUT2D eigenvalue weighted by atomic mass is 9.82. The molecule has 0 heterocycles. The lowest BCUT2D eigenvalue weighted by molar-refractivity contribution is -0.118. The zero-order chi connectivity index (χ0) is 13.2. The largest absolute Gasteiger partial charge is 0.497 e. The molecule has 3 rings (SSSR count). The van der Waals surface area contributed by atoms with Crippen molar-refractivity contribution >= 4 is 11.5 Å². The van der Waals surface area contributed by atoms with Gasteiger partial charge in [0, 0.05) is 18.6 Å². The number of rotatable bonds is 3. The summed E-state index contributed by atoms with van der Waals surface area (Å²) >= 11 is 0. The molecule has 1 aromatic rings. The van der Waals surface area contributed by atoms with Gasteiger partial charge in [0.15, 0.2) is 0 Å². The Bertz CT molecular complexity index is 500. The molecule has 0 aromatic heterocycles. The van der Waals surface area contributed by atoms with Crippen molar-refractivity contribution in [2.75, 3.05) is 7.11 Å². The summed E-state index contributed by atoms with van der Waals surface area (Å²) in [5.41, 5.74) is 2.33. The first kappa shape index (κ1) is 12.4. The van der Waals surface area contributed by atoms with Gasteiger partial charge in [0.2, 0.25) is 0 Å². The average Bonchev–Trinajstić information content (AvgIpc) is 3.22. The zero-order valence-corrected chi connectivity index (χ0v) is 11.3. The summed E-state index contributed by atoms with van der Waals surface area (Å²) in [6.45, 7) is 0. The summed E-state index contributed by atoms with van der Waals surface area (Å²) in [7, 11) is 1.67. The lowest BCUT2D eigenvalue weighted by Crippen LogP contribution is -2.22. The van der Waals surface area contributed by atoms with Crippen LogP contribution in [0.15, 0.2) is 29.3 Å². The van der Waals surface area contributed by atoms with Crippen molar-refractivity contribution in [3.05, 3.63) is 29.8 Å². The minimum absolute atomic E-state index is 0.296. The number of hydrogen-bond donors (Lipinski definition) is 0. The summed E-state index contributed by atoms with van der Waals surface area (Å²) in [5, 5.41) is 0. The van der Waals surface area contributed by atoms with Gasteiger partial charge in [0.25, 0.3) is 0 Å². The number of benzene rings is 1. The van der Waals surface area contributed by atoms with Crippen LogP contribution in [-0.4, -0.2) is 24.6 Å². The molecule has 0 amide bonds. The van der Waals surface area contributed by atoms with Gasteiger partial charge in [0.1, 0.15) is 11.5 Å². The molecule has 1 atom stereocenters. The monoisotopic (exact) mass is 257 g/mol. The predicted octanol–water partition coefficient (Wildman–Crippen LogP) is 3.14. The van der Waals surface area contributed by atoms with Crippen molar-refractivity contribution in [1.82, 2.24) is 0 Å². The van der Waals surface area contributed by atoms with Gasteiger partial charge >= 0.3 is 0 Å². The second-order valence-electron chi connectivity index (χ2n) is 5.52. The summed E-state index contributed by atoms with van der Waals surface area (Å²) in [6.07, 6.45) is 4.56. The minimum atomic E-state index is 0.296. The van der Waals surface area contributed by atoms with E-state index in [0.717, 1.165) is 17.9 Å². The van der Waals surface area contributed by atoms with Crippen LogP contribution in [0.2, 0.25) is 0 Å². The van der Waals surface area contributed by atoms with E-state index in [0.29, 0.717) is 30.6 Å². The van der Waals surface area contributed by atoms with E-state index in [1.54, 1.807) is 7.11 Å². The highest BCUT2D eigenvalue weighted by Gasteiger charge is 2.28. The number of methoxy groups -OCH3 is 1. The van der Waals surface area contributed by atoms with Crippen LogP contribution in [0.1, 0.15) is 43.6 Å². The molecule has 1 aromatic carbocycles. The molecule has 2 aliphatic rings. The van der Waals surface area contributed by atoms with E-state index in [-0.39, 0.29) is 0 Å². The van der Waals surface area contributed by atoms with E-state index in [4.69, 9.17) is 4.74 Å². The summed E-state index contributed by atoms with van der Waals surface area (Å²) in [5.74, 6) is 1.48. The van der Waals surface area contributed by atoms with Gasteiger partial charge in [-0.15, -0.1) is 0 Å². The Kier molecular flexibility index (Phi) is 3.36. The maximum atomic E-state index is 11.9. The SMILES string of the molecule is COc1ccc([C@H]2CC(=O)CC(=NC3CC3)C2)cc1. The standard InChI is InChI=1S/C16H19NO2/c1-19-16-6-2-11(3-7-16)12-8-14(10-15(18)9-12)17-13-4-5-13/h2-3,6-7,12-13H,4-5,8-10H2,1H3/t12-/m1/s1. The fourth-order valence-electron chi connectivity index (χ4n) is 2.68. The number of carbonyl (C=O) groups is 1. The minimum Gasteiger partial charge on any atom is -0.497 e. The Morgan fingerprint density at radius 2 is 1.89 bits per heavy atom. The molecule has 3 nitrogen and oxygen atoms in total. The van der Waals surface area contributed by atoms with Crippen LogP contribution < -0.4 is 4.74 Å². The summed E-state index contributed by atoms with van der Waals surface area (Å²) in [6, 6.07) is 8.57. The molecule has 100 valence electrons. The van der Waals surface area contributed by atoms with Gasteiger partial charge in [-0.3, -0.25) is 9.79 Å². The third-order valence-corrected chi connectivity index (χ3v) is 3.86. The van der Waals surface area contributed by atoms with Crippen LogP contribution in [0.25, 0.3) is 0 Å². The van der Waals surface area contributed by atoms with Crippen molar-refractivity contribution in [3.63, 3.8) is 0 Å². The quantitative estimate of drug-likeness (QED) is 0.834. The normalized spacial score (nSPS) is 25.6. The molecule has 2 fully saturated rings. The maximum absolute atomic E-state index is 11.9. The average molecular weight is 257 g/mol. The number of carbonyl (C=O) groups excluding carboxylic acids is 1. The highest BCUT2D eigenvalue weighted by atomic mass is 16.5. The number of aliphatic imine (C=N–C) groups is 1. The molecule has 0 radical (unpaired) electrons. The van der Waals surface area contributed by atoms with Crippen molar-refractivity contribution in [2.45, 2.75) is 44.1 Å². The molecule has 3 heteroatoms. The van der Waals surface area contributed by atoms with Crippen LogP contribution in [0.4, 0.5) is 0 Å². The van der Waals surface area contributed by atoms with Gasteiger partial charge in [-0.05, 0) is 42.9 Å². The van der Waals surface area contributed by atoms with Crippen molar-refractivity contribution < 1.29 is 9.53 Å². The van der Waals surface area contributed by atoms with Gasteiger partial charge in [-0.25, -0.2) is 0 Å². The van der Waals surface area contributed by atoms with E-state index in [1.807, 2.05) is 12.1 Å². The van der Waals surface area contributed by atoms with E-state index in [1.165, 1.54) is 18.4 Å². The summed E-state index contributed by atoms with van der Waals surface area (Å²) in [4.78, 5) is 16.6. The van der Waals surface area contributed by atoms with Crippen molar-refractivity contribution in [3.8, 4) is 5.75 Å². The van der Waals surface area contributed by atoms with Crippen LogP contribution in [0.3, 0.4) is 0 Å². The van der Waals surface area contributed by atoms with E-state index >= 15 is 0 Å². The Morgan fingerprint density at radius 3 is 2.53 bits per heavy atom. The Hall–Kier alpha value is -1.64. The highest BCUT2D eigenvalue weighted by molar-refractivity contribution is 6.05. The van der Waals surface area contributed by atoms with Crippen molar-refractivity contribution in [2.24, 2.45) is 4.99 Å². The first-order valence-corrected chi connectivity index (χ1v) is 6.96. The van der Waals surface area contributed by atoms with E-state index in [2.05, 4.69) is 17.1 Å². The molecule has 0 aliphatic heterocycles. The number of ether oxygens (including phenoxy) is 1. The Balaban J connectivity index is 1.76. The second kappa shape index (κ2) is 5.16. The first-order valence-electron chi connectivity index (χ1n) is 6.96. The fourth-order valence-corrected chi connectivity index (χ4v) is 2.68. The third-order valence-electron chi connectivity index (χ3n) is 3.86. The predicted molar refractivity (Wildman–Crippen MR) is 75.1 cm³/mol. The molecule has 0 saturated heterocycles. The molecular weight excluding hydrogens is 238 g/mol. The highest BCUT2D eigenvalue weighted by Crippen LogP contribution is 2.33. The topological polar surface area (TPSA) is 38.7 Å². The zero-order valence-electron chi connectivity index (χ0n) is 11.3. The molecular formula is C16H19NO2. The van der Waals surface area contributed by atoms with Crippen LogP contribution in [-0.2, 0) is 4.79 Å². The lowest BCUT2D eigenvalue weighted by Gasteiger charge is -2.23. The van der Waals surface area contributed by atoms with E-state index < -0.39 is 0 Å². The molecule has 2 saturated carbocycles. The number of nitrogens with zero attached hydrogens (tertiary/aromatic N) is 1. The Labute approximate surface area is 113 Å². The van der Waals surface area contributed by atoms with Crippen molar-refractivity contribution in [1.29, 1.82) is 0 Å². The second-order valence-corrected chi connectivity index (χ2v) is 5.52. The number of Topliss-reactive ketones (excluding diaryl/α,β-unsaturated/α-hetero) is 1. The molecule has 0 bridgehead atoms. The van der Waals surface area contributed by atoms with Crippen LogP contribution in [0, 0.1) is 0 Å². The molecule has 0 unspecified atom stereocenters. The third kappa shape index (κ3) is 3.03. The Morgan fingerprint density at radius 1 is 1.16 bits per heavy atom. The van der Waals surface area contributed by atoms with Gasteiger partial charge in [-0.1, -0.05) is 12.1 Å².